The highest BCUT2D eigenvalue weighted by Gasteiger charge is 2.16. The molecule has 154 valence electrons. The SMILES string of the molecule is CCc1ccc(-n2c(SCC(=O)NCc3ccco3)nc3n[nH]c(C)c3c2=N)cc1. The number of amides is 1. The van der Waals surface area contributed by atoms with Gasteiger partial charge in [0.25, 0.3) is 0 Å². The molecule has 9 heteroatoms. The molecule has 30 heavy (non-hydrogen) atoms. The quantitative estimate of drug-likeness (QED) is 0.313. The smallest absolute Gasteiger partial charge is 0.230 e. The summed E-state index contributed by atoms with van der Waals surface area (Å²) in [5, 5.41) is 19.9. The molecule has 0 aliphatic rings. The summed E-state index contributed by atoms with van der Waals surface area (Å²) in [6.45, 7) is 4.30. The second-order valence-corrected chi connectivity index (χ2v) is 7.73. The van der Waals surface area contributed by atoms with Crippen LogP contribution in [0.3, 0.4) is 0 Å². The molecule has 0 atom stereocenters. The second-order valence-electron chi connectivity index (χ2n) is 6.79. The molecule has 0 fully saturated rings. The van der Waals surface area contributed by atoms with E-state index in [2.05, 4.69) is 27.4 Å². The number of hydrogen-bond donors (Lipinski definition) is 3. The van der Waals surface area contributed by atoms with E-state index in [1.165, 1.54) is 17.3 Å². The molecule has 0 spiro atoms. The number of nitrogens with zero attached hydrogens (tertiary/aromatic N) is 3. The van der Waals surface area contributed by atoms with Crippen molar-refractivity contribution in [2.24, 2.45) is 0 Å². The van der Waals surface area contributed by atoms with Crippen molar-refractivity contribution >= 4 is 28.7 Å². The average molecular weight is 423 g/mol. The summed E-state index contributed by atoms with van der Waals surface area (Å²) in [4.78, 5) is 16.9. The average Bonchev–Trinajstić information content (AvgIpc) is 3.41. The van der Waals surface area contributed by atoms with Gasteiger partial charge in [0.05, 0.1) is 23.9 Å². The van der Waals surface area contributed by atoms with E-state index in [-0.39, 0.29) is 17.1 Å². The number of benzene rings is 1. The molecular weight excluding hydrogens is 400 g/mol. The number of rotatable bonds is 7. The molecule has 3 aromatic heterocycles. The lowest BCUT2D eigenvalue weighted by Gasteiger charge is -2.14. The van der Waals surface area contributed by atoms with Crippen molar-refractivity contribution in [1.82, 2.24) is 25.1 Å². The Hall–Kier alpha value is -3.33. The number of fused-ring (bicyclic) bond motifs is 1. The highest BCUT2D eigenvalue weighted by atomic mass is 32.2. The van der Waals surface area contributed by atoms with E-state index in [9.17, 15) is 4.79 Å². The Labute approximate surface area is 177 Å². The Morgan fingerprint density at radius 1 is 1.30 bits per heavy atom. The molecule has 0 aliphatic carbocycles. The fourth-order valence-electron chi connectivity index (χ4n) is 3.13. The first kappa shape index (κ1) is 20.0. The molecule has 4 aromatic rings. The minimum absolute atomic E-state index is 0.143. The summed E-state index contributed by atoms with van der Waals surface area (Å²) in [6.07, 6.45) is 2.51. The van der Waals surface area contributed by atoms with Crippen LogP contribution in [0.2, 0.25) is 0 Å². The fourth-order valence-corrected chi connectivity index (χ4v) is 3.96. The van der Waals surface area contributed by atoms with E-state index < -0.39 is 0 Å². The van der Waals surface area contributed by atoms with Crippen LogP contribution < -0.4 is 10.8 Å². The number of furan rings is 1. The number of H-pyrrole nitrogens is 1. The molecule has 0 unspecified atom stereocenters. The molecule has 1 amide bonds. The molecular formula is C21H22N6O2S. The molecule has 0 saturated heterocycles. The van der Waals surface area contributed by atoms with Crippen LogP contribution in [0.25, 0.3) is 16.7 Å². The van der Waals surface area contributed by atoms with E-state index >= 15 is 0 Å². The number of carbonyl (C=O) groups is 1. The van der Waals surface area contributed by atoms with Gasteiger partial charge < -0.3 is 9.73 Å². The monoisotopic (exact) mass is 422 g/mol. The molecule has 0 radical (unpaired) electrons. The zero-order chi connectivity index (χ0) is 21.1. The van der Waals surface area contributed by atoms with Gasteiger partial charge in [-0.25, -0.2) is 4.98 Å². The number of aromatic amines is 1. The summed E-state index contributed by atoms with van der Waals surface area (Å²) < 4.78 is 6.99. The lowest BCUT2D eigenvalue weighted by Crippen LogP contribution is -2.26. The van der Waals surface area contributed by atoms with Crippen molar-refractivity contribution in [2.45, 2.75) is 32.0 Å². The number of nitrogens with one attached hydrogen (secondary N) is 3. The molecule has 1 aromatic carbocycles. The minimum atomic E-state index is -0.143. The van der Waals surface area contributed by atoms with Gasteiger partial charge in [0.1, 0.15) is 11.2 Å². The van der Waals surface area contributed by atoms with Crippen molar-refractivity contribution in [1.29, 1.82) is 5.41 Å². The maximum Gasteiger partial charge on any atom is 0.230 e. The van der Waals surface area contributed by atoms with Crippen LogP contribution in [0.4, 0.5) is 0 Å². The summed E-state index contributed by atoms with van der Waals surface area (Å²) in [5.41, 5.74) is 3.58. The molecule has 3 heterocycles. The van der Waals surface area contributed by atoms with Gasteiger partial charge in [-0.2, -0.15) is 5.10 Å². The Morgan fingerprint density at radius 2 is 2.10 bits per heavy atom. The molecule has 0 bridgehead atoms. The molecule has 0 aliphatic heterocycles. The highest BCUT2D eigenvalue weighted by molar-refractivity contribution is 7.99. The number of thioether (sulfide) groups is 1. The Balaban J connectivity index is 1.63. The standard InChI is InChI=1S/C21H22N6O2S/c1-3-14-6-8-15(9-7-14)27-19(22)18-13(2)25-26-20(18)24-21(27)30-12-17(28)23-11-16-5-4-10-29-16/h4-10,22H,3,11-12H2,1-2H3,(H,23,28)(H,25,26). The third-order valence-corrected chi connectivity index (χ3v) is 5.69. The number of carbonyl (C=O) groups excluding carboxylic acids is 1. The summed E-state index contributed by atoms with van der Waals surface area (Å²) in [7, 11) is 0. The van der Waals surface area contributed by atoms with Gasteiger partial charge in [-0.05, 0) is 43.2 Å². The van der Waals surface area contributed by atoms with Crippen LogP contribution in [0.15, 0.2) is 52.2 Å². The van der Waals surface area contributed by atoms with Crippen LogP contribution in [0.5, 0.6) is 0 Å². The van der Waals surface area contributed by atoms with E-state index in [1.54, 1.807) is 16.9 Å². The summed E-state index contributed by atoms with van der Waals surface area (Å²) in [6, 6.07) is 11.6. The van der Waals surface area contributed by atoms with Crippen molar-refractivity contribution in [2.75, 3.05) is 5.75 Å². The third kappa shape index (κ3) is 4.02. The van der Waals surface area contributed by atoms with Crippen LogP contribution in [-0.2, 0) is 17.8 Å². The van der Waals surface area contributed by atoms with Gasteiger partial charge in [0.2, 0.25) is 5.91 Å². The lowest BCUT2D eigenvalue weighted by molar-refractivity contribution is -0.118. The van der Waals surface area contributed by atoms with Crippen molar-refractivity contribution < 1.29 is 9.21 Å². The Morgan fingerprint density at radius 3 is 2.80 bits per heavy atom. The first-order valence-electron chi connectivity index (χ1n) is 9.60. The van der Waals surface area contributed by atoms with E-state index in [1.807, 2.05) is 37.3 Å². The lowest BCUT2D eigenvalue weighted by atomic mass is 10.1. The van der Waals surface area contributed by atoms with Crippen molar-refractivity contribution in [3.05, 3.63) is 65.2 Å². The first-order chi connectivity index (χ1) is 14.6. The summed E-state index contributed by atoms with van der Waals surface area (Å²) in [5.74, 6) is 0.713. The second kappa shape index (κ2) is 8.58. The third-order valence-electron chi connectivity index (χ3n) is 4.76. The van der Waals surface area contributed by atoms with Crippen LogP contribution in [0, 0.1) is 12.3 Å². The zero-order valence-corrected chi connectivity index (χ0v) is 17.5. The van der Waals surface area contributed by atoms with Gasteiger partial charge in [0.15, 0.2) is 10.8 Å². The normalized spacial score (nSPS) is 11.1. The minimum Gasteiger partial charge on any atom is -0.467 e. The van der Waals surface area contributed by atoms with Crippen molar-refractivity contribution in [3.63, 3.8) is 0 Å². The highest BCUT2D eigenvalue weighted by Crippen LogP contribution is 2.22. The molecule has 4 rings (SSSR count). The predicted molar refractivity (Wildman–Crippen MR) is 114 cm³/mol. The maximum absolute atomic E-state index is 12.3. The van der Waals surface area contributed by atoms with Gasteiger partial charge >= 0.3 is 0 Å². The van der Waals surface area contributed by atoms with Crippen LogP contribution in [0.1, 0.15) is 23.9 Å². The number of aryl methyl sites for hydroxylation is 2. The molecule has 3 N–H and O–H groups in total. The van der Waals surface area contributed by atoms with Crippen LogP contribution in [-0.4, -0.2) is 31.4 Å². The molecule has 0 saturated carbocycles. The van der Waals surface area contributed by atoms with Gasteiger partial charge in [-0.1, -0.05) is 30.8 Å². The maximum atomic E-state index is 12.3. The van der Waals surface area contributed by atoms with E-state index in [0.717, 1.165) is 17.8 Å². The van der Waals surface area contributed by atoms with Crippen molar-refractivity contribution in [3.8, 4) is 5.69 Å². The van der Waals surface area contributed by atoms with E-state index in [4.69, 9.17) is 9.83 Å². The zero-order valence-electron chi connectivity index (χ0n) is 16.7. The molecule has 8 nitrogen and oxygen atoms in total. The van der Waals surface area contributed by atoms with Gasteiger partial charge in [0, 0.05) is 11.4 Å². The summed E-state index contributed by atoms with van der Waals surface area (Å²) >= 11 is 1.27. The number of hydrogen-bond acceptors (Lipinski definition) is 6. The first-order valence-corrected chi connectivity index (χ1v) is 10.6. The fraction of sp³-hybridized carbons (Fsp3) is 0.238. The Bertz CT molecular complexity index is 1230. The topological polar surface area (TPSA) is 113 Å². The van der Waals surface area contributed by atoms with Gasteiger partial charge in [-0.3, -0.25) is 19.9 Å². The number of aromatic nitrogens is 4. The Kier molecular flexibility index (Phi) is 5.71. The van der Waals surface area contributed by atoms with Gasteiger partial charge in [-0.15, -0.1) is 0 Å². The van der Waals surface area contributed by atoms with Crippen LogP contribution >= 0.6 is 11.8 Å². The predicted octanol–water partition coefficient (Wildman–Crippen LogP) is 3.10. The van der Waals surface area contributed by atoms with E-state index in [0.29, 0.717) is 28.5 Å². The largest absolute Gasteiger partial charge is 0.467 e.